The summed E-state index contributed by atoms with van der Waals surface area (Å²) in [5.74, 6) is -0.416. The summed E-state index contributed by atoms with van der Waals surface area (Å²) < 4.78 is 42.2. The largest absolute Gasteiger partial charge is 0.508 e. The summed E-state index contributed by atoms with van der Waals surface area (Å²) in [4.78, 5) is 21.5. The fourth-order valence-electron chi connectivity index (χ4n) is 4.22. The molecule has 2 aromatic heterocycles. The lowest BCUT2D eigenvalue weighted by molar-refractivity contribution is -0.142. The number of nitrogens with zero attached hydrogens (tertiary/aromatic N) is 5. The number of alkyl halides is 3. The van der Waals surface area contributed by atoms with Crippen LogP contribution in [0.5, 0.6) is 5.75 Å². The molecule has 1 fully saturated rings. The minimum Gasteiger partial charge on any atom is -0.508 e. The van der Waals surface area contributed by atoms with Gasteiger partial charge in [-0.05, 0) is 35.9 Å². The second kappa shape index (κ2) is 9.03. The third kappa shape index (κ3) is 4.69. The van der Waals surface area contributed by atoms with Crippen molar-refractivity contribution in [3.05, 3.63) is 83.7 Å². The van der Waals surface area contributed by atoms with Gasteiger partial charge in [-0.1, -0.05) is 30.3 Å². The molecule has 1 saturated heterocycles. The SMILES string of the molecule is O=C(c1cnn2c(C(F)(F)F)cc(-c3ccc(O)cc3)nc12)N1CCN(Cc2ccccc2)CC1. The quantitative estimate of drug-likeness (QED) is 0.476. The van der Waals surface area contributed by atoms with E-state index in [4.69, 9.17) is 0 Å². The van der Waals surface area contributed by atoms with E-state index < -0.39 is 17.8 Å². The highest BCUT2D eigenvalue weighted by atomic mass is 19.4. The minimum atomic E-state index is -4.71. The van der Waals surface area contributed by atoms with E-state index in [1.54, 1.807) is 4.90 Å². The Morgan fingerprint density at radius 3 is 2.31 bits per heavy atom. The predicted octanol–water partition coefficient (Wildman–Crippen LogP) is 4.08. The van der Waals surface area contributed by atoms with Crippen LogP contribution in [0.1, 0.15) is 21.6 Å². The molecule has 4 aromatic rings. The molecule has 0 bridgehead atoms. The number of carbonyl (C=O) groups is 1. The number of aromatic nitrogens is 3. The fraction of sp³-hybridized carbons (Fsp3) is 0.240. The van der Waals surface area contributed by atoms with Crippen molar-refractivity contribution in [1.82, 2.24) is 24.4 Å². The summed E-state index contributed by atoms with van der Waals surface area (Å²) in [6.07, 6.45) is -3.56. The Hall–Kier alpha value is -3.92. The molecule has 35 heavy (non-hydrogen) atoms. The first-order chi connectivity index (χ1) is 16.8. The van der Waals surface area contributed by atoms with Gasteiger partial charge < -0.3 is 10.0 Å². The van der Waals surface area contributed by atoms with E-state index in [0.29, 0.717) is 36.3 Å². The Bertz CT molecular complexity index is 1350. The first-order valence-electron chi connectivity index (χ1n) is 11.1. The average molecular weight is 481 g/mol. The Morgan fingerprint density at radius 1 is 0.971 bits per heavy atom. The smallest absolute Gasteiger partial charge is 0.433 e. The zero-order valence-corrected chi connectivity index (χ0v) is 18.6. The summed E-state index contributed by atoms with van der Waals surface area (Å²) >= 11 is 0. The number of fused-ring (bicyclic) bond motifs is 1. The number of aromatic hydroxyl groups is 1. The zero-order valence-electron chi connectivity index (χ0n) is 18.6. The number of hydrogen-bond donors (Lipinski definition) is 1. The molecule has 0 unspecified atom stereocenters. The van der Waals surface area contributed by atoms with Crippen LogP contribution < -0.4 is 0 Å². The summed E-state index contributed by atoms with van der Waals surface area (Å²) in [7, 11) is 0. The van der Waals surface area contributed by atoms with Crippen LogP contribution in [0.3, 0.4) is 0 Å². The Balaban J connectivity index is 1.42. The Kier molecular flexibility index (Phi) is 5.89. The van der Waals surface area contributed by atoms with E-state index in [0.717, 1.165) is 18.8 Å². The van der Waals surface area contributed by atoms with Gasteiger partial charge in [0.2, 0.25) is 0 Å². The second-order valence-corrected chi connectivity index (χ2v) is 8.42. The number of hydrogen-bond acceptors (Lipinski definition) is 5. The van der Waals surface area contributed by atoms with Gasteiger partial charge in [-0.2, -0.15) is 18.3 Å². The number of phenolic OH excluding ortho intramolecular Hbond substituents is 1. The van der Waals surface area contributed by atoms with E-state index in [1.807, 2.05) is 30.3 Å². The molecule has 7 nitrogen and oxygen atoms in total. The first-order valence-corrected chi connectivity index (χ1v) is 11.1. The number of piperazine rings is 1. The molecule has 0 atom stereocenters. The minimum absolute atomic E-state index is 0.0162. The van der Waals surface area contributed by atoms with Gasteiger partial charge in [0.1, 0.15) is 11.3 Å². The number of carbonyl (C=O) groups excluding carboxylic acids is 1. The number of amides is 1. The molecule has 180 valence electrons. The van der Waals surface area contributed by atoms with Crippen LogP contribution in [0.25, 0.3) is 16.9 Å². The van der Waals surface area contributed by atoms with Gasteiger partial charge in [0.05, 0.1) is 11.9 Å². The maximum atomic E-state index is 13.8. The molecule has 1 amide bonds. The molecule has 0 spiro atoms. The molecule has 10 heteroatoms. The van der Waals surface area contributed by atoms with Gasteiger partial charge in [-0.3, -0.25) is 9.69 Å². The number of halogens is 3. The maximum absolute atomic E-state index is 13.8. The second-order valence-electron chi connectivity index (χ2n) is 8.42. The number of benzene rings is 2. The van der Waals surface area contributed by atoms with Gasteiger partial charge in [0.25, 0.3) is 5.91 Å². The van der Waals surface area contributed by atoms with Gasteiger partial charge in [-0.25, -0.2) is 9.50 Å². The van der Waals surface area contributed by atoms with Crippen molar-refractivity contribution >= 4 is 11.6 Å². The maximum Gasteiger partial charge on any atom is 0.433 e. The van der Waals surface area contributed by atoms with Crippen molar-refractivity contribution < 1.29 is 23.1 Å². The third-order valence-corrected chi connectivity index (χ3v) is 6.06. The van der Waals surface area contributed by atoms with Gasteiger partial charge in [-0.15, -0.1) is 0 Å². The highest BCUT2D eigenvalue weighted by Gasteiger charge is 2.36. The summed E-state index contributed by atoms with van der Waals surface area (Å²) in [5, 5.41) is 13.4. The van der Waals surface area contributed by atoms with E-state index in [9.17, 15) is 23.1 Å². The standard InChI is InChI=1S/C25H22F3N5O2/c26-25(27,28)22-14-21(18-6-8-19(34)9-7-18)30-23-20(15-29-33(22)23)24(35)32-12-10-31(11-13-32)16-17-4-2-1-3-5-17/h1-9,14-15,34H,10-13,16H2. The van der Waals surface area contributed by atoms with E-state index in [-0.39, 0.29) is 22.7 Å². The van der Waals surface area contributed by atoms with Crippen LogP contribution >= 0.6 is 0 Å². The van der Waals surface area contributed by atoms with Crippen LogP contribution in [0.15, 0.2) is 66.9 Å². The molecule has 5 rings (SSSR count). The molecule has 0 aliphatic carbocycles. The van der Waals surface area contributed by atoms with Crippen molar-refractivity contribution in [2.45, 2.75) is 12.7 Å². The lowest BCUT2D eigenvalue weighted by Crippen LogP contribution is -2.48. The molecular weight excluding hydrogens is 459 g/mol. The number of rotatable bonds is 4. The predicted molar refractivity (Wildman–Crippen MR) is 123 cm³/mol. The molecule has 1 aliphatic rings. The fourth-order valence-corrected chi connectivity index (χ4v) is 4.22. The number of phenols is 1. The molecule has 0 radical (unpaired) electrons. The molecule has 0 saturated carbocycles. The first kappa shape index (κ1) is 22.9. The van der Waals surface area contributed by atoms with Crippen LogP contribution in [0, 0.1) is 0 Å². The third-order valence-electron chi connectivity index (χ3n) is 6.06. The molecular formula is C25H22F3N5O2. The summed E-state index contributed by atoms with van der Waals surface area (Å²) in [6.45, 7) is 2.98. The average Bonchev–Trinajstić information content (AvgIpc) is 3.28. The summed E-state index contributed by atoms with van der Waals surface area (Å²) in [6, 6.07) is 16.6. The zero-order chi connectivity index (χ0) is 24.6. The van der Waals surface area contributed by atoms with E-state index in [2.05, 4.69) is 15.0 Å². The van der Waals surface area contributed by atoms with Gasteiger partial charge in [0, 0.05) is 38.3 Å². The van der Waals surface area contributed by atoms with Gasteiger partial charge >= 0.3 is 6.18 Å². The van der Waals surface area contributed by atoms with Crippen LogP contribution in [-0.2, 0) is 12.7 Å². The van der Waals surface area contributed by atoms with Crippen molar-refractivity contribution in [3.63, 3.8) is 0 Å². The highest BCUT2D eigenvalue weighted by molar-refractivity contribution is 6.00. The lowest BCUT2D eigenvalue weighted by atomic mass is 10.1. The van der Waals surface area contributed by atoms with E-state index in [1.165, 1.54) is 29.8 Å². The molecule has 1 N–H and O–H groups in total. The van der Waals surface area contributed by atoms with Crippen molar-refractivity contribution in [2.75, 3.05) is 26.2 Å². The Morgan fingerprint density at radius 2 is 1.66 bits per heavy atom. The lowest BCUT2D eigenvalue weighted by Gasteiger charge is -2.34. The Labute approximate surface area is 199 Å². The van der Waals surface area contributed by atoms with Crippen molar-refractivity contribution in [3.8, 4) is 17.0 Å². The van der Waals surface area contributed by atoms with Crippen LogP contribution in [-0.4, -0.2) is 61.6 Å². The van der Waals surface area contributed by atoms with E-state index >= 15 is 0 Å². The molecule has 2 aromatic carbocycles. The monoisotopic (exact) mass is 481 g/mol. The normalized spacial score (nSPS) is 15.0. The highest BCUT2D eigenvalue weighted by Crippen LogP contribution is 2.33. The summed E-state index contributed by atoms with van der Waals surface area (Å²) in [5.41, 5.74) is 0.432. The van der Waals surface area contributed by atoms with Gasteiger partial charge in [0.15, 0.2) is 11.3 Å². The molecule has 3 heterocycles. The van der Waals surface area contributed by atoms with Crippen molar-refractivity contribution in [1.29, 1.82) is 0 Å². The topological polar surface area (TPSA) is 74.0 Å². The molecule has 1 aliphatic heterocycles. The van der Waals surface area contributed by atoms with Crippen LogP contribution in [0.4, 0.5) is 13.2 Å². The van der Waals surface area contributed by atoms with Crippen molar-refractivity contribution in [2.24, 2.45) is 0 Å². The van der Waals surface area contributed by atoms with Crippen LogP contribution in [0.2, 0.25) is 0 Å².